The van der Waals surface area contributed by atoms with Crippen molar-refractivity contribution in [2.75, 3.05) is 12.3 Å². The number of hydrogen-bond acceptors (Lipinski definition) is 12. The lowest BCUT2D eigenvalue weighted by atomic mass is 9.77. The molecule has 4 heterocycles. The Labute approximate surface area is 191 Å². The molecule has 7 N–H and O–H groups in total. The number of aromatic amines is 1. The smallest absolute Gasteiger partial charge is 0.423 e. The fraction of sp³-hybridized carbons (Fsp3) is 0.353. The Kier molecular flexibility index (Phi) is 6.16. The maximum atomic E-state index is 12.5. The van der Waals surface area contributed by atoms with E-state index in [9.17, 15) is 24.8 Å². The third-order valence-electron chi connectivity index (χ3n) is 5.35. The average Bonchev–Trinajstić information content (AvgIpc) is 3.29. The van der Waals surface area contributed by atoms with Gasteiger partial charge < -0.3 is 39.6 Å². The Morgan fingerprint density at radius 3 is 2.91 bits per heavy atom. The number of fused-ring (bicyclic) bond motifs is 2. The van der Waals surface area contributed by atoms with Crippen LogP contribution in [0.5, 0.6) is 0 Å². The van der Waals surface area contributed by atoms with Crippen LogP contribution in [-0.4, -0.2) is 71.6 Å². The van der Waals surface area contributed by atoms with Crippen molar-refractivity contribution in [1.82, 2.24) is 19.5 Å². The van der Waals surface area contributed by atoms with Crippen LogP contribution in [0.3, 0.4) is 0 Å². The van der Waals surface area contributed by atoms with Crippen LogP contribution in [-0.2, 0) is 19.5 Å². The Hall–Kier alpha value is -2.07. The molecule has 33 heavy (non-hydrogen) atoms. The fourth-order valence-corrected chi connectivity index (χ4v) is 5.68. The van der Waals surface area contributed by atoms with Crippen molar-refractivity contribution in [2.24, 2.45) is 0 Å². The number of hydrogen-bond donors (Lipinski definition) is 6. The normalized spacial score (nSPS) is 27.1. The van der Waals surface area contributed by atoms with Gasteiger partial charge in [0.25, 0.3) is 5.56 Å². The number of imidazole rings is 1. The molecule has 0 spiro atoms. The summed E-state index contributed by atoms with van der Waals surface area (Å²) in [5, 5.41) is 30.5. The number of nitrogen functional groups attached to an aromatic ring is 1. The van der Waals surface area contributed by atoms with Crippen molar-refractivity contribution in [3.63, 3.8) is 0 Å². The Balaban J connectivity index is 1.55. The molecule has 5 rings (SSSR count). The van der Waals surface area contributed by atoms with Gasteiger partial charge in [0.1, 0.15) is 18.3 Å². The minimum absolute atomic E-state index is 0.00516. The lowest BCUT2D eigenvalue weighted by Gasteiger charge is -2.27. The van der Waals surface area contributed by atoms with Crippen LogP contribution in [0.15, 0.2) is 34.2 Å². The minimum Gasteiger partial charge on any atom is -0.423 e. The highest BCUT2D eigenvalue weighted by molar-refractivity contribution is 7.98. The summed E-state index contributed by atoms with van der Waals surface area (Å²) in [6.45, 7) is 0.0213. The molecular weight excluding hydrogens is 476 g/mol. The van der Waals surface area contributed by atoms with Crippen molar-refractivity contribution in [3.8, 4) is 0 Å². The number of ether oxygens (including phenoxy) is 1. The predicted octanol–water partition coefficient (Wildman–Crippen LogP) is -1.43. The van der Waals surface area contributed by atoms with E-state index in [0.717, 1.165) is 0 Å². The quantitative estimate of drug-likeness (QED) is 0.137. The van der Waals surface area contributed by atoms with Gasteiger partial charge in [-0.2, -0.15) is 4.98 Å². The van der Waals surface area contributed by atoms with Gasteiger partial charge in [-0.15, -0.1) is 0 Å². The zero-order valence-electron chi connectivity index (χ0n) is 16.8. The number of thioether (sulfide) groups is 1. The van der Waals surface area contributed by atoms with Crippen LogP contribution < -0.4 is 16.8 Å². The first-order valence-electron chi connectivity index (χ1n) is 9.80. The number of aliphatic hydroxyl groups excluding tert-OH is 1. The molecule has 0 amide bonds. The SMILES string of the molecule is Nc1nc2c(nc(SCc3ccccc3B(O)O)n2C2OC3COP(O)OC3C2O)c(=O)[nH]1. The van der Waals surface area contributed by atoms with Crippen molar-refractivity contribution in [1.29, 1.82) is 0 Å². The van der Waals surface area contributed by atoms with Crippen molar-refractivity contribution >= 4 is 50.1 Å². The highest BCUT2D eigenvalue weighted by Gasteiger charge is 2.50. The lowest BCUT2D eigenvalue weighted by molar-refractivity contribution is -0.0614. The van der Waals surface area contributed by atoms with E-state index in [-0.39, 0.29) is 34.6 Å². The average molecular weight is 495 g/mol. The number of anilines is 1. The zero-order valence-corrected chi connectivity index (χ0v) is 18.5. The van der Waals surface area contributed by atoms with Crippen LogP contribution in [0.1, 0.15) is 11.8 Å². The van der Waals surface area contributed by atoms with Gasteiger partial charge in [-0.25, -0.2) is 4.98 Å². The molecule has 0 saturated carbocycles. The van der Waals surface area contributed by atoms with E-state index >= 15 is 0 Å². The number of nitrogens with two attached hydrogens (primary N) is 1. The molecule has 16 heteroatoms. The molecule has 174 valence electrons. The molecule has 0 radical (unpaired) electrons. The number of benzene rings is 1. The molecule has 2 fully saturated rings. The summed E-state index contributed by atoms with van der Waals surface area (Å²) in [6.07, 6.45) is -3.78. The van der Waals surface area contributed by atoms with E-state index in [1.165, 1.54) is 16.3 Å². The summed E-state index contributed by atoms with van der Waals surface area (Å²) < 4.78 is 17.8. The first-order valence-corrected chi connectivity index (χ1v) is 11.9. The number of aliphatic hydroxyl groups is 1. The second-order valence-corrected chi connectivity index (χ2v) is 9.30. The van der Waals surface area contributed by atoms with Gasteiger partial charge in [0, 0.05) is 5.75 Å². The van der Waals surface area contributed by atoms with Gasteiger partial charge in [-0.3, -0.25) is 14.3 Å². The van der Waals surface area contributed by atoms with E-state index in [1.54, 1.807) is 24.3 Å². The topological polar surface area (TPSA) is 198 Å². The molecule has 0 bridgehead atoms. The summed E-state index contributed by atoms with van der Waals surface area (Å²) in [6, 6.07) is 6.78. The Morgan fingerprint density at radius 2 is 2.12 bits per heavy atom. The number of aromatic nitrogens is 4. The van der Waals surface area contributed by atoms with E-state index < -0.39 is 45.8 Å². The second kappa shape index (κ2) is 8.94. The predicted molar refractivity (Wildman–Crippen MR) is 118 cm³/mol. The summed E-state index contributed by atoms with van der Waals surface area (Å²) in [5.74, 6) is 0.129. The van der Waals surface area contributed by atoms with E-state index in [0.29, 0.717) is 11.0 Å². The number of rotatable bonds is 5. The van der Waals surface area contributed by atoms with Crippen molar-refractivity contribution < 1.29 is 33.8 Å². The molecule has 2 saturated heterocycles. The molecule has 0 aliphatic carbocycles. The summed E-state index contributed by atoms with van der Waals surface area (Å²) in [5.41, 5.74) is 6.25. The Bertz CT molecular complexity index is 1240. The van der Waals surface area contributed by atoms with Crippen molar-refractivity contribution in [2.45, 2.75) is 35.4 Å². The summed E-state index contributed by atoms with van der Waals surface area (Å²) in [7, 11) is -3.79. The van der Waals surface area contributed by atoms with Gasteiger partial charge in [0.15, 0.2) is 22.5 Å². The number of H-pyrrole nitrogens is 1. The van der Waals surface area contributed by atoms with Gasteiger partial charge >= 0.3 is 15.7 Å². The van der Waals surface area contributed by atoms with Crippen molar-refractivity contribution in [3.05, 3.63) is 40.2 Å². The molecule has 5 unspecified atom stereocenters. The second-order valence-electron chi connectivity index (χ2n) is 7.41. The van der Waals surface area contributed by atoms with Gasteiger partial charge in [0.05, 0.1) is 6.61 Å². The number of nitrogens with zero attached hydrogens (tertiary/aromatic N) is 3. The molecule has 2 aliphatic heterocycles. The first kappa shape index (κ1) is 22.7. The molecule has 5 atom stereocenters. The van der Waals surface area contributed by atoms with Gasteiger partial charge in [-0.1, -0.05) is 36.0 Å². The maximum absolute atomic E-state index is 12.5. The first-order chi connectivity index (χ1) is 15.8. The van der Waals surface area contributed by atoms with E-state index in [2.05, 4.69) is 15.0 Å². The highest BCUT2D eigenvalue weighted by Crippen LogP contribution is 2.47. The maximum Gasteiger partial charge on any atom is 0.488 e. The summed E-state index contributed by atoms with van der Waals surface area (Å²) in [4.78, 5) is 33.1. The lowest BCUT2D eigenvalue weighted by Crippen LogP contribution is -2.38. The van der Waals surface area contributed by atoms with Crippen LogP contribution in [0.4, 0.5) is 5.95 Å². The Morgan fingerprint density at radius 1 is 1.33 bits per heavy atom. The molecule has 1 aromatic carbocycles. The van der Waals surface area contributed by atoms with E-state index in [1.807, 2.05) is 0 Å². The third-order valence-corrected chi connectivity index (χ3v) is 7.15. The van der Waals surface area contributed by atoms with E-state index in [4.69, 9.17) is 19.5 Å². The van der Waals surface area contributed by atoms with Gasteiger partial charge in [0.2, 0.25) is 5.95 Å². The number of nitrogens with one attached hydrogen (secondary N) is 1. The fourth-order valence-electron chi connectivity index (χ4n) is 3.84. The van der Waals surface area contributed by atoms with Crippen LogP contribution in [0.25, 0.3) is 11.2 Å². The molecule has 2 aromatic heterocycles. The zero-order chi connectivity index (χ0) is 23.3. The molecule has 13 nitrogen and oxygen atoms in total. The van der Waals surface area contributed by atoms with Crippen LogP contribution in [0.2, 0.25) is 0 Å². The standard InChI is InChI=1S/C17H19BN5O8PS/c19-16-21-13-10(14(25)22-16)20-17(33-6-7-3-1-2-4-8(7)18(26)27)23(13)15-11(24)12-9(30-15)5-29-32(28)31-12/h1-4,9,11-12,15,24,26-28H,5-6H2,(H3,19,21,22,25). The largest absolute Gasteiger partial charge is 0.488 e. The monoisotopic (exact) mass is 495 g/mol. The minimum atomic E-state index is -2.13. The molecule has 3 aromatic rings. The summed E-state index contributed by atoms with van der Waals surface area (Å²) >= 11 is 1.18. The van der Waals surface area contributed by atoms with Crippen LogP contribution in [0, 0.1) is 0 Å². The molecule has 2 aliphatic rings. The van der Waals surface area contributed by atoms with Gasteiger partial charge in [-0.05, 0) is 11.0 Å². The van der Waals surface area contributed by atoms with Crippen LogP contribution >= 0.6 is 20.4 Å². The third kappa shape index (κ3) is 4.16. The highest BCUT2D eigenvalue weighted by atomic mass is 32.2. The molecular formula is C17H19BN5O8PS.